The van der Waals surface area contributed by atoms with E-state index in [1.165, 1.54) is 25.1 Å². The van der Waals surface area contributed by atoms with Crippen LogP contribution in [0.1, 0.15) is 81.7 Å². The van der Waals surface area contributed by atoms with Gasteiger partial charge in [0.05, 0.1) is 4.92 Å². The lowest BCUT2D eigenvalue weighted by Crippen LogP contribution is -2.46. The quantitative estimate of drug-likeness (QED) is 0.346. The second-order valence-electron chi connectivity index (χ2n) is 8.77. The molecule has 1 N–H and O–H groups in total. The Labute approximate surface area is 195 Å². The van der Waals surface area contributed by atoms with Gasteiger partial charge in [0.15, 0.2) is 11.9 Å². The number of fused-ring (bicyclic) bond motifs is 2. The molecule has 34 heavy (non-hydrogen) atoms. The first-order chi connectivity index (χ1) is 16.2. The maximum Gasteiger partial charge on any atom is 0.345 e. The van der Waals surface area contributed by atoms with Gasteiger partial charge in [0, 0.05) is 22.7 Å². The first-order valence-electron chi connectivity index (χ1n) is 11.2. The summed E-state index contributed by atoms with van der Waals surface area (Å²) in [7, 11) is 0. The molecule has 3 unspecified atom stereocenters. The van der Waals surface area contributed by atoms with E-state index in [1.807, 2.05) is 6.92 Å². The molecule has 4 rings (SSSR count). The number of ketones is 2. The van der Waals surface area contributed by atoms with Gasteiger partial charge in [-0.1, -0.05) is 44.0 Å². The monoisotopic (exact) mass is 464 g/mol. The summed E-state index contributed by atoms with van der Waals surface area (Å²) < 4.78 is 5.24. The second-order valence-corrected chi connectivity index (χ2v) is 8.77. The minimum absolute atomic E-state index is 0.0239. The number of carbonyl (C=O) groups excluding carboxylic acids is 4. The molecule has 1 fully saturated rings. The van der Waals surface area contributed by atoms with Gasteiger partial charge in [-0.25, -0.2) is 4.79 Å². The van der Waals surface area contributed by atoms with E-state index in [1.54, 1.807) is 12.1 Å². The van der Waals surface area contributed by atoms with Crippen molar-refractivity contribution < 1.29 is 28.8 Å². The number of nitrogens with one attached hydrogen (secondary N) is 1. The van der Waals surface area contributed by atoms with E-state index in [0.29, 0.717) is 5.92 Å². The molecule has 2 aromatic rings. The molecule has 0 bridgehead atoms. The smallest absolute Gasteiger partial charge is 0.345 e. The average Bonchev–Trinajstić information content (AvgIpc) is 2.82. The lowest BCUT2D eigenvalue weighted by molar-refractivity contribution is -0.385. The topological polar surface area (TPSA) is 133 Å². The Kier molecular flexibility index (Phi) is 6.28. The number of hydrogen-bond donors (Lipinski definition) is 1. The number of benzene rings is 2. The van der Waals surface area contributed by atoms with E-state index in [9.17, 15) is 29.3 Å². The molecule has 2 aliphatic rings. The fourth-order valence-electron chi connectivity index (χ4n) is 4.63. The first-order valence-corrected chi connectivity index (χ1v) is 11.2. The van der Waals surface area contributed by atoms with Crippen LogP contribution >= 0.6 is 0 Å². The summed E-state index contributed by atoms with van der Waals surface area (Å²) in [5.74, 6) is -2.57. The third kappa shape index (κ3) is 4.09. The van der Waals surface area contributed by atoms with Gasteiger partial charge in [0.2, 0.25) is 5.78 Å². The molecule has 176 valence electrons. The molecule has 0 radical (unpaired) electrons. The molecule has 0 aliphatic heterocycles. The van der Waals surface area contributed by atoms with E-state index in [-0.39, 0.29) is 22.7 Å². The molecule has 2 aliphatic carbocycles. The van der Waals surface area contributed by atoms with Crippen molar-refractivity contribution in [2.75, 3.05) is 0 Å². The van der Waals surface area contributed by atoms with Gasteiger partial charge in [0.25, 0.3) is 11.6 Å². The molecule has 2 aromatic carbocycles. The Hall–Kier alpha value is -3.88. The maximum atomic E-state index is 13.1. The number of nitro benzene ring substituents is 1. The van der Waals surface area contributed by atoms with Gasteiger partial charge in [-0.2, -0.15) is 0 Å². The second kappa shape index (κ2) is 9.17. The van der Waals surface area contributed by atoms with Gasteiger partial charge < -0.3 is 10.1 Å². The normalized spacial score (nSPS) is 20.1. The minimum atomic E-state index is -1.20. The van der Waals surface area contributed by atoms with Crippen molar-refractivity contribution in [3.63, 3.8) is 0 Å². The summed E-state index contributed by atoms with van der Waals surface area (Å²) in [5, 5.41) is 14.8. The Balaban J connectivity index is 1.61. The van der Waals surface area contributed by atoms with Crippen LogP contribution < -0.4 is 5.32 Å². The van der Waals surface area contributed by atoms with E-state index in [0.717, 1.165) is 31.7 Å². The average molecular weight is 464 g/mol. The van der Waals surface area contributed by atoms with Crippen molar-refractivity contribution in [2.24, 2.45) is 5.92 Å². The SMILES string of the molecule is CC(OC(=O)c1ccc2c(c1[N+](=O)[O-])C(=O)c1ccccc1C2=O)C(=O)NC1CCCCC1C. The third-order valence-electron chi connectivity index (χ3n) is 6.56. The lowest BCUT2D eigenvalue weighted by atomic mass is 9.82. The first kappa shape index (κ1) is 23.3. The van der Waals surface area contributed by atoms with Crippen molar-refractivity contribution in [3.05, 3.63) is 74.3 Å². The molecule has 9 nitrogen and oxygen atoms in total. The number of rotatable bonds is 5. The van der Waals surface area contributed by atoms with Crippen molar-refractivity contribution in [1.82, 2.24) is 5.32 Å². The van der Waals surface area contributed by atoms with Crippen molar-refractivity contribution in [1.29, 1.82) is 0 Å². The van der Waals surface area contributed by atoms with E-state index in [2.05, 4.69) is 5.32 Å². The summed E-state index contributed by atoms with van der Waals surface area (Å²) in [5.41, 5.74) is -1.71. The number of carbonyl (C=O) groups is 4. The Morgan fingerprint density at radius 2 is 1.68 bits per heavy atom. The van der Waals surface area contributed by atoms with E-state index >= 15 is 0 Å². The van der Waals surface area contributed by atoms with Crippen LogP contribution in [-0.4, -0.2) is 40.5 Å². The van der Waals surface area contributed by atoms with Crippen LogP contribution in [0.25, 0.3) is 0 Å². The fourth-order valence-corrected chi connectivity index (χ4v) is 4.63. The zero-order valence-electron chi connectivity index (χ0n) is 18.8. The summed E-state index contributed by atoms with van der Waals surface area (Å²) in [6.07, 6.45) is 2.74. The third-order valence-corrected chi connectivity index (χ3v) is 6.56. The fraction of sp³-hybridized carbons (Fsp3) is 0.360. The highest BCUT2D eigenvalue weighted by molar-refractivity contribution is 6.30. The van der Waals surface area contributed by atoms with Gasteiger partial charge in [-0.05, 0) is 37.8 Å². The van der Waals surface area contributed by atoms with Gasteiger partial charge in [-0.15, -0.1) is 0 Å². The highest BCUT2D eigenvalue weighted by Gasteiger charge is 2.39. The predicted octanol–water partition coefficient (Wildman–Crippen LogP) is 3.61. The summed E-state index contributed by atoms with van der Waals surface area (Å²) in [4.78, 5) is 62.4. The van der Waals surface area contributed by atoms with Crippen LogP contribution in [-0.2, 0) is 9.53 Å². The molecule has 0 heterocycles. The summed E-state index contributed by atoms with van der Waals surface area (Å²) in [6.45, 7) is 3.43. The van der Waals surface area contributed by atoms with Crippen molar-refractivity contribution in [2.45, 2.75) is 51.7 Å². The molecule has 1 saturated carbocycles. The number of esters is 1. The van der Waals surface area contributed by atoms with Crippen molar-refractivity contribution >= 4 is 29.1 Å². The number of hydrogen-bond acceptors (Lipinski definition) is 7. The number of nitro groups is 1. The number of nitrogens with zero attached hydrogens (tertiary/aromatic N) is 1. The highest BCUT2D eigenvalue weighted by atomic mass is 16.6. The van der Waals surface area contributed by atoms with Gasteiger partial charge in [-0.3, -0.25) is 24.5 Å². The standard InChI is InChI=1S/C25H24N2O7/c1-13-7-3-6-10-19(13)26-24(30)14(2)34-25(31)18-12-11-17-20(21(18)27(32)33)23(29)16-9-5-4-8-15(16)22(17)28/h4-5,8-9,11-14,19H,3,6-7,10H2,1-2H3,(H,26,30). The predicted molar refractivity (Wildman–Crippen MR) is 121 cm³/mol. The van der Waals surface area contributed by atoms with Crippen LogP contribution in [0.2, 0.25) is 0 Å². The van der Waals surface area contributed by atoms with E-state index < -0.39 is 51.3 Å². The van der Waals surface area contributed by atoms with Gasteiger partial charge >= 0.3 is 5.97 Å². The van der Waals surface area contributed by atoms with Crippen LogP contribution in [0, 0.1) is 16.0 Å². The van der Waals surface area contributed by atoms with E-state index in [4.69, 9.17) is 4.74 Å². The molecular weight excluding hydrogens is 440 g/mol. The number of amides is 1. The summed E-state index contributed by atoms with van der Waals surface area (Å²) >= 11 is 0. The van der Waals surface area contributed by atoms with Crippen LogP contribution in [0.3, 0.4) is 0 Å². The maximum absolute atomic E-state index is 13.1. The highest BCUT2D eigenvalue weighted by Crippen LogP contribution is 2.36. The molecular formula is C25H24N2O7. The summed E-state index contributed by atoms with van der Waals surface area (Å²) in [6, 6.07) is 8.30. The molecule has 0 spiro atoms. The molecule has 1 amide bonds. The molecule has 0 saturated heterocycles. The molecule has 9 heteroatoms. The Morgan fingerprint density at radius 3 is 2.32 bits per heavy atom. The van der Waals surface area contributed by atoms with Gasteiger partial charge in [0.1, 0.15) is 11.1 Å². The van der Waals surface area contributed by atoms with Crippen LogP contribution in [0.15, 0.2) is 36.4 Å². The van der Waals surface area contributed by atoms with Crippen LogP contribution in [0.5, 0.6) is 0 Å². The number of ether oxygens (including phenoxy) is 1. The Morgan fingerprint density at radius 1 is 1.03 bits per heavy atom. The Bertz CT molecular complexity index is 1220. The lowest BCUT2D eigenvalue weighted by Gasteiger charge is -2.30. The zero-order valence-corrected chi connectivity index (χ0v) is 18.8. The minimum Gasteiger partial charge on any atom is -0.449 e. The molecule has 3 atom stereocenters. The zero-order chi connectivity index (χ0) is 24.6. The largest absolute Gasteiger partial charge is 0.449 e. The molecule has 0 aromatic heterocycles. The van der Waals surface area contributed by atoms with Crippen LogP contribution in [0.4, 0.5) is 5.69 Å². The van der Waals surface area contributed by atoms with Crippen molar-refractivity contribution in [3.8, 4) is 0 Å².